The zero-order chi connectivity index (χ0) is 33.6. The van der Waals surface area contributed by atoms with Crippen LogP contribution in [-0.4, -0.2) is 88.6 Å². The molecule has 1 amide bonds. The summed E-state index contributed by atoms with van der Waals surface area (Å²) in [5.41, 5.74) is 8.62. The van der Waals surface area contributed by atoms with Gasteiger partial charge in [-0.1, -0.05) is 30.3 Å². The first-order chi connectivity index (χ1) is 22.4. The van der Waals surface area contributed by atoms with Crippen molar-refractivity contribution < 1.29 is 18.0 Å². The number of nitrogens with zero attached hydrogens (tertiary/aromatic N) is 5. The van der Waals surface area contributed by atoms with Gasteiger partial charge in [0, 0.05) is 51.2 Å². The Balaban J connectivity index is 1.12. The van der Waals surface area contributed by atoms with Crippen molar-refractivity contribution in [2.24, 2.45) is 10.7 Å². The molecule has 5 rings (SSSR count). The van der Waals surface area contributed by atoms with Crippen molar-refractivity contribution in [2.75, 3.05) is 39.3 Å². The summed E-state index contributed by atoms with van der Waals surface area (Å²) >= 11 is 0. The minimum atomic E-state index is -4.52. The van der Waals surface area contributed by atoms with Crippen LogP contribution in [0.2, 0.25) is 0 Å². The molecule has 2 fully saturated rings. The lowest BCUT2D eigenvalue weighted by Gasteiger charge is -2.40. The lowest BCUT2D eigenvalue weighted by molar-refractivity contribution is -0.182. The average molecular weight is 652 g/mol. The van der Waals surface area contributed by atoms with E-state index in [1.807, 2.05) is 19.1 Å². The standard InChI is InChI=1S/C34H44F3N9O/c1-23-18-26(25-6-4-24(5-7-25)22-45-14-10-28(11-15-45)46-16-12-39-13-17-46)8-9-29(23)40-20-27(19-38)31(47)41-21-30-42-32(44-43-30)33(2,3)34(35,36)37/h4-9,18-20,28,39H,10-17,21-22,38H2,1-3H3,(H,41,47)(H,42,43,44)/b27-19+,40-20?. The number of alkyl halides is 3. The number of nitrogens with one attached hydrogen (secondary N) is 3. The van der Waals surface area contributed by atoms with Gasteiger partial charge in [-0.05, 0) is 81.1 Å². The molecule has 2 aromatic carbocycles. The Hall–Kier alpha value is -4.07. The van der Waals surface area contributed by atoms with Crippen LogP contribution in [0.4, 0.5) is 18.9 Å². The molecule has 13 heteroatoms. The summed E-state index contributed by atoms with van der Waals surface area (Å²) in [4.78, 5) is 26.3. The van der Waals surface area contributed by atoms with Crippen molar-refractivity contribution in [2.45, 2.75) is 64.3 Å². The van der Waals surface area contributed by atoms with Crippen molar-refractivity contribution >= 4 is 17.8 Å². The molecule has 0 unspecified atom stereocenters. The zero-order valence-corrected chi connectivity index (χ0v) is 27.2. The molecule has 2 saturated heterocycles. The molecule has 0 spiro atoms. The SMILES string of the molecule is Cc1cc(-c2ccc(CN3CCC(N4CCNCC4)CC3)cc2)ccc1N=C/C(=C\N)C(=O)NCc1nc(C(C)(C)C(F)(F)F)n[nH]1. The van der Waals surface area contributed by atoms with E-state index < -0.39 is 23.3 Å². The van der Waals surface area contributed by atoms with E-state index in [-0.39, 0.29) is 17.9 Å². The predicted molar refractivity (Wildman–Crippen MR) is 177 cm³/mol. The van der Waals surface area contributed by atoms with E-state index in [0.29, 0.717) is 11.7 Å². The highest BCUT2D eigenvalue weighted by molar-refractivity contribution is 6.12. The molecule has 2 aliphatic rings. The maximum Gasteiger partial charge on any atom is 0.401 e. The number of aliphatic imine (C=N–C) groups is 1. The number of H-pyrrole nitrogens is 1. The Kier molecular flexibility index (Phi) is 10.8. The van der Waals surface area contributed by atoms with Crippen LogP contribution < -0.4 is 16.4 Å². The molecule has 3 aromatic rings. The summed E-state index contributed by atoms with van der Waals surface area (Å²) < 4.78 is 39.9. The Morgan fingerprint density at radius 3 is 2.38 bits per heavy atom. The highest BCUT2D eigenvalue weighted by Gasteiger charge is 2.51. The number of carbonyl (C=O) groups is 1. The molecular weight excluding hydrogens is 607 g/mol. The average Bonchev–Trinajstić information content (AvgIpc) is 3.55. The van der Waals surface area contributed by atoms with Gasteiger partial charge in [-0.3, -0.25) is 24.7 Å². The Labute approximate surface area is 273 Å². The van der Waals surface area contributed by atoms with E-state index in [2.05, 4.69) is 70.9 Å². The number of hydrogen-bond acceptors (Lipinski definition) is 8. The third kappa shape index (κ3) is 8.45. The van der Waals surface area contributed by atoms with Crippen LogP contribution in [0.25, 0.3) is 11.1 Å². The molecule has 0 aliphatic carbocycles. The van der Waals surface area contributed by atoms with Crippen LogP contribution in [0.3, 0.4) is 0 Å². The number of rotatable bonds is 10. The second kappa shape index (κ2) is 14.8. The van der Waals surface area contributed by atoms with Crippen molar-refractivity contribution in [1.29, 1.82) is 0 Å². The summed E-state index contributed by atoms with van der Waals surface area (Å²) in [5.74, 6) is -0.871. The summed E-state index contributed by atoms with van der Waals surface area (Å²) in [6.07, 6.45) is 0.422. The van der Waals surface area contributed by atoms with E-state index in [1.165, 1.54) is 24.6 Å². The Bertz CT molecular complexity index is 1570. The van der Waals surface area contributed by atoms with E-state index in [1.54, 1.807) is 0 Å². The fourth-order valence-corrected chi connectivity index (χ4v) is 5.89. The molecule has 0 radical (unpaired) electrons. The van der Waals surface area contributed by atoms with Crippen molar-refractivity contribution in [3.05, 3.63) is 77.0 Å². The minimum absolute atomic E-state index is 0.0874. The zero-order valence-electron chi connectivity index (χ0n) is 27.2. The number of halogens is 3. The first-order valence-electron chi connectivity index (χ1n) is 16.0. The smallest absolute Gasteiger partial charge is 0.401 e. The number of aromatic amines is 1. The molecule has 47 heavy (non-hydrogen) atoms. The number of benzene rings is 2. The predicted octanol–water partition coefficient (Wildman–Crippen LogP) is 4.35. The third-order valence-electron chi connectivity index (χ3n) is 9.12. The fourth-order valence-electron chi connectivity index (χ4n) is 5.89. The molecule has 252 valence electrons. The number of aryl methyl sites for hydroxylation is 1. The number of amides is 1. The minimum Gasteiger partial charge on any atom is -0.404 e. The number of aromatic nitrogens is 3. The number of hydrogen-bond donors (Lipinski definition) is 4. The molecule has 1 aromatic heterocycles. The third-order valence-corrected chi connectivity index (χ3v) is 9.12. The maximum atomic E-state index is 13.3. The number of piperidine rings is 1. The first kappa shape index (κ1) is 34.3. The van der Waals surface area contributed by atoms with E-state index in [9.17, 15) is 18.0 Å². The van der Waals surface area contributed by atoms with Crippen molar-refractivity contribution in [3.63, 3.8) is 0 Å². The monoisotopic (exact) mass is 651 g/mol. The van der Waals surface area contributed by atoms with Crippen LogP contribution in [-0.2, 0) is 23.3 Å². The molecule has 10 nitrogen and oxygen atoms in total. The normalized spacial score (nSPS) is 17.8. The molecule has 3 heterocycles. The summed E-state index contributed by atoms with van der Waals surface area (Å²) in [6.45, 7) is 11.5. The van der Waals surface area contributed by atoms with Gasteiger partial charge in [-0.25, -0.2) is 4.98 Å². The molecule has 2 aliphatic heterocycles. The van der Waals surface area contributed by atoms with Crippen molar-refractivity contribution in [1.82, 2.24) is 35.6 Å². The van der Waals surface area contributed by atoms with Gasteiger partial charge >= 0.3 is 6.18 Å². The first-order valence-corrected chi connectivity index (χ1v) is 16.0. The van der Waals surface area contributed by atoms with Crippen LogP contribution >= 0.6 is 0 Å². The van der Waals surface area contributed by atoms with E-state index in [0.717, 1.165) is 82.6 Å². The second-order valence-corrected chi connectivity index (χ2v) is 12.8. The van der Waals surface area contributed by atoms with Gasteiger partial charge < -0.3 is 16.4 Å². The van der Waals surface area contributed by atoms with Crippen molar-refractivity contribution in [3.8, 4) is 11.1 Å². The topological polar surface area (TPSA) is 128 Å². The quantitative estimate of drug-likeness (QED) is 0.190. The van der Waals surface area contributed by atoms with Gasteiger partial charge in [-0.2, -0.15) is 18.3 Å². The largest absolute Gasteiger partial charge is 0.404 e. The Morgan fingerprint density at radius 1 is 1.06 bits per heavy atom. The molecule has 5 N–H and O–H groups in total. The van der Waals surface area contributed by atoms with E-state index >= 15 is 0 Å². The fraction of sp³-hybridized carbons (Fsp3) is 0.471. The number of likely N-dealkylation sites (tertiary alicyclic amines) is 1. The highest BCUT2D eigenvalue weighted by atomic mass is 19.4. The second-order valence-electron chi connectivity index (χ2n) is 12.8. The summed E-state index contributed by atoms with van der Waals surface area (Å²) in [5, 5.41) is 12.2. The Morgan fingerprint density at radius 2 is 1.74 bits per heavy atom. The maximum absolute atomic E-state index is 13.3. The van der Waals surface area contributed by atoms with Crippen LogP contribution in [0.1, 0.15) is 49.5 Å². The highest BCUT2D eigenvalue weighted by Crippen LogP contribution is 2.38. The molecule has 0 atom stereocenters. The lowest BCUT2D eigenvalue weighted by Crippen LogP contribution is -2.51. The summed E-state index contributed by atoms with van der Waals surface area (Å²) in [7, 11) is 0. The van der Waals surface area contributed by atoms with Gasteiger partial charge in [0.15, 0.2) is 5.82 Å². The molecular formula is C34H44F3N9O. The van der Waals surface area contributed by atoms with Gasteiger partial charge in [0.05, 0.1) is 17.8 Å². The lowest BCUT2D eigenvalue weighted by atomic mass is 9.92. The van der Waals surface area contributed by atoms with Crippen LogP contribution in [0.15, 0.2) is 59.2 Å². The van der Waals surface area contributed by atoms with Gasteiger partial charge in [-0.15, -0.1) is 0 Å². The number of piperazine rings is 1. The van der Waals surface area contributed by atoms with Crippen LogP contribution in [0, 0.1) is 6.92 Å². The summed E-state index contributed by atoms with van der Waals surface area (Å²) in [6, 6.07) is 15.4. The number of nitrogens with two attached hydrogens (primary N) is 1. The van der Waals surface area contributed by atoms with E-state index in [4.69, 9.17) is 5.73 Å². The van der Waals surface area contributed by atoms with Gasteiger partial charge in [0.25, 0.3) is 5.91 Å². The van der Waals surface area contributed by atoms with Crippen LogP contribution in [0.5, 0.6) is 0 Å². The molecule has 0 saturated carbocycles. The number of carbonyl (C=O) groups excluding carboxylic acids is 1. The molecule has 0 bridgehead atoms. The van der Waals surface area contributed by atoms with Gasteiger partial charge in [0.1, 0.15) is 11.2 Å². The van der Waals surface area contributed by atoms with Gasteiger partial charge in [0.2, 0.25) is 0 Å².